The lowest BCUT2D eigenvalue weighted by atomic mass is 10.1. The third kappa shape index (κ3) is 6.26. The van der Waals surface area contributed by atoms with E-state index in [0.717, 1.165) is 27.9 Å². The van der Waals surface area contributed by atoms with Crippen molar-refractivity contribution in [2.75, 3.05) is 7.11 Å². The van der Waals surface area contributed by atoms with Gasteiger partial charge in [0.1, 0.15) is 17.3 Å². The molecule has 3 aromatic carbocycles. The number of alkyl halides is 2. The van der Waals surface area contributed by atoms with Gasteiger partial charge in [-0.15, -0.1) is 0 Å². The number of imidazole rings is 1. The molecule has 1 unspecified atom stereocenters. The van der Waals surface area contributed by atoms with Crippen LogP contribution in [0.2, 0.25) is 0 Å². The smallest absolute Gasteiger partial charge is 0.387 e. The molecule has 0 saturated carbocycles. The second kappa shape index (κ2) is 10.9. The molecule has 2 atom stereocenters. The Hall–Kier alpha value is -4.14. The van der Waals surface area contributed by atoms with Crippen molar-refractivity contribution in [1.29, 1.82) is 0 Å². The van der Waals surface area contributed by atoms with Crippen LogP contribution in [0, 0.1) is 0 Å². The molecule has 35 heavy (non-hydrogen) atoms. The normalized spacial score (nSPS) is 12.8. The number of nitrogens with one attached hydrogen (secondary N) is 3. The average molecular weight is 481 g/mol. The number of hydrogen-bond donors (Lipinski definition) is 3. The zero-order valence-electron chi connectivity index (χ0n) is 19.3. The van der Waals surface area contributed by atoms with E-state index < -0.39 is 12.7 Å². The fourth-order valence-corrected chi connectivity index (χ4v) is 3.77. The highest BCUT2D eigenvalue weighted by Crippen LogP contribution is 2.22. The predicted molar refractivity (Wildman–Crippen MR) is 129 cm³/mol. The minimum atomic E-state index is -2.89. The van der Waals surface area contributed by atoms with Crippen molar-refractivity contribution in [1.82, 2.24) is 20.6 Å². The van der Waals surface area contributed by atoms with E-state index in [1.165, 1.54) is 12.1 Å². The molecule has 0 aliphatic carbocycles. The minimum Gasteiger partial charge on any atom is -0.497 e. The third-order valence-corrected chi connectivity index (χ3v) is 5.59. The summed E-state index contributed by atoms with van der Waals surface area (Å²) in [6, 6.07) is 20.3. The van der Waals surface area contributed by atoms with Gasteiger partial charge in [-0.3, -0.25) is 0 Å². The van der Waals surface area contributed by atoms with Crippen molar-refractivity contribution in [2.45, 2.75) is 32.0 Å². The van der Waals surface area contributed by atoms with Crippen molar-refractivity contribution < 1.29 is 23.0 Å². The van der Waals surface area contributed by atoms with E-state index in [2.05, 4.69) is 25.3 Å². The lowest BCUT2D eigenvalue weighted by Gasteiger charge is -2.20. The van der Waals surface area contributed by atoms with E-state index in [9.17, 15) is 13.6 Å². The third-order valence-electron chi connectivity index (χ3n) is 5.59. The zero-order chi connectivity index (χ0) is 24.8. The van der Waals surface area contributed by atoms with Crippen molar-refractivity contribution in [3.8, 4) is 11.5 Å². The largest absolute Gasteiger partial charge is 0.497 e. The van der Waals surface area contributed by atoms with Gasteiger partial charge in [0.15, 0.2) is 0 Å². The van der Waals surface area contributed by atoms with Crippen LogP contribution in [0.5, 0.6) is 11.5 Å². The first-order chi connectivity index (χ1) is 16.9. The SMILES string of the molecule is COc1ccc(C[C@@H](NC(=O)NC(C)c2ccc(OC(F)F)cc2)c2nc3ccccc3[nH]2)cc1. The summed E-state index contributed by atoms with van der Waals surface area (Å²) in [4.78, 5) is 20.9. The molecule has 4 rings (SSSR count). The number of halogens is 2. The van der Waals surface area contributed by atoms with Crippen molar-refractivity contribution in [3.05, 3.63) is 89.7 Å². The van der Waals surface area contributed by atoms with Gasteiger partial charge in [-0.05, 0) is 60.9 Å². The number of carbonyl (C=O) groups excluding carboxylic acids is 1. The standard InChI is InChI=1S/C26H26F2N4O3/c1-16(18-9-13-20(14-10-18)35-25(27)28)29-26(33)32-23(15-17-7-11-19(34-2)12-8-17)24-30-21-5-3-4-6-22(21)31-24/h3-14,16,23,25H,15H2,1-2H3,(H,30,31)(H2,29,32,33)/t16?,23-/m1/s1. The van der Waals surface area contributed by atoms with Gasteiger partial charge in [-0.2, -0.15) is 8.78 Å². The quantitative estimate of drug-likeness (QED) is 0.294. The molecule has 0 spiro atoms. The second-order valence-electron chi connectivity index (χ2n) is 8.03. The topological polar surface area (TPSA) is 88.3 Å². The van der Waals surface area contributed by atoms with Crippen LogP contribution < -0.4 is 20.1 Å². The van der Waals surface area contributed by atoms with Crippen LogP contribution in [-0.4, -0.2) is 29.7 Å². The van der Waals surface area contributed by atoms with Crippen molar-refractivity contribution in [2.24, 2.45) is 0 Å². The van der Waals surface area contributed by atoms with Crippen LogP contribution in [0.1, 0.15) is 36.0 Å². The fraction of sp³-hybridized carbons (Fsp3) is 0.231. The number of methoxy groups -OCH3 is 1. The molecule has 0 saturated heterocycles. The Morgan fingerprint density at radius 3 is 2.31 bits per heavy atom. The molecule has 0 aliphatic heterocycles. The molecule has 0 bridgehead atoms. The number of ether oxygens (including phenoxy) is 2. The summed E-state index contributed by atoms with van der Waals surface area (Å²) in [7, 11) is 1.61. The van der Waals surface area contributed by atoms with Crippen LogP contribution in [0.15, 0.2) is 72.8 Å². The summed E-state index contributed by atoms with van der Waals surface area (Å²) in [5.41, 5.74) is 3.43. The maximum Gasteiger partial charge on any atom is 0.387 e. The molecule has 1 heterocycles. The van der Waals surface area contributed by atoms with Gasteiger partial charge in [0.2, 0.25) is 0 Å². The number of H-pyrrole nitrogens is 1. The van der Waals surface area contributed by atoms with E-state index in [1.54, 1.807) is 19.2 Å². The lowest BCUT2D eigenvalue weighted by molar-refractivity contribution is -0.0498. The number of amides is 2. The number of carbonyl (C=O) groups is 1. The summed E-state index contributed by atoms with van der Waals surface area (Å²) in [6.07, 6.45) is 0.505. The Balaban J connectivity index is 1.48. The van der Waals surface area contributed by atoms with Crippen LogP contribution in [-0.2, 0) is 6.42 Å². The first kappa shape index (κ1) is 24.0. The number of nitrogens with zero attached hydrogens (tertiary/aromatic N) is 1. The number of fused-ring (bicyclic) bond motifs is 1. The molecule has 9 heteroatoms. The van der Waals surface area contributed by atoms with Crippen molar-refractivity contribution >= 4 is 17.1 Å². The maximum absolute atomic E-state index is 12.9. The molecule has 0 radical (unpaired) electrons. The summed E-state index contributed by atoms with van der Waals surface area (Å²) < 4.78 is 34.4. The van der Waals surface area contributed by atoms with E-state index in [-0.39, 0.29) is 17.8 Å². The molecule has 3 N–H and O–H groups in total. The lowest BCUT2D eigenvalue weighted by Crippen LogP contribution is -2.40. The van der Waals surface area contributed by atoms with Gasteiger partial charge in [0, 0.05) is 0 Å². The van der Waals surface area contributed by atoms with Crippen LogP contribution in [0.3, 0.4) is 0 Å². The molecular weight excluding hydrogens is 454 g/mol. The number of benzene rings is 3. The Morgan fingerprint density at radius 2 is 1.66 bits per heavy atom. The van der Waals surface area contributed by atoms with E-state index in [1.807, 2.05) is 55.5 Å². The van der Waals surface area contributed by atoms with Crippen LogP contribution in [0.4, 0.5) is 13.6 Å². The van der Waals surface area contributed by atoms with Gasteiger partial charge in [-0.1, -0.05) is 36.4 Å². The Labute approximate surface area is 201 Å². The predicted octanol–water partition coefficient (Wildman–Crippen LogP) is 5.52. The highest BCUT2D eigenvalue weighted by atomic mass is 19.3. The summed E-state index contributed by atoms with van der Waals surface area (Å²) in [6.45, 7) is -1.08. The molecule has 0 aliphatic rings. The first-order valence-corrected chi connectivity index (χ1v) is 11.1. The average Bonchev–Trinajstić information content (AvgIpc) is 3.28. The first-order valence-electron chi connectivity index (χ1n) is 11.1. The van der Waals surface area contributed by atoms with Crippen LogP contribution in [0.25, 0.3) is 11.0 Å². The van der Waals surface area contributed by atoms with Gasteiger partial charge >= 0.3 is 12.6 Å². The van der Waals surface area contributed by atoms with Gasteiger partial charge in [0.05, 0.1) is 30.2 Å². The number of aromatic amines is 1. The molecule has 4 aromatic rings. The monoisotopic (exact) mass is 480 g/mol. The van der Waals surface area contributed by atoms with Crippen LogP contribution >= 0.6 is 0 Å². The number of hydrogen-bond acceptors (Lipinski definition) is 4. The Bertz CT molecular complexity index is 1230. The number of rotatable bonds is 9. The van der Waals surface area contributed by atoms with E-state index in [4.69, 9.17) is 4.74 Å². The fourth-order valence-electron chi connectivity index (χ4n) is 3.77. The Morgan fingerprint density at radius 1 is 0.971 bits per heavy atom. The summed E-state index contributed by atoms with van der Waals surface area (Å²) >= 11 is 0. The highest BCUT2D eigenvalue weighted by molar-refractivity contribution is 5.76. The van der Waals surface area contributed by atoms with Gasteiger partial charge in [-0.25, -0.2) is 9.78 Å². The number of aromatic nitrogens is 2. The van der Waals surface area contributed by atoms with Gasteiger partial charge in [0.25, 0.3) is 0 Å². The molecule has 1 aromatic heterocycles. The molecular formula is C26H26F2N4O3. The van der Waals surface area contributed by atoms with Gasteiger partial charge < -0.3 is 25.1 Å². The van der Waals surface area contributed by atoms with E-state index in [0.29, 0.717) is 12.2 Å². The van der Waals surface area contributed by atoms with Crippen molar-refractivity contribution in [3.63, 3.8) is 0 Å². The molecule has 182 valence electrons. The molecule has 2 amide bonds. The van der Waals surface area contributed by atoms with E-state index >= 15 is 0 Å². The second-order valence-corrected chi connectivity index (χ2v) is 8.03. The number of para-hydroxylation sites is 2. The minimum absolute atomic E-state index is 0.0600. The Kier molecular flexibility index (Phi) is 7.45. The summed E-state index contributed by atoms with van der Waals surface area (Å²) in [5.74, 6) is 1.45. The molecule has 7 nitrogen and oxygen atoms in total. The maximum atomic E-state index is 12.9. The highest BCUT2D eigenvalue weighted by Gasteiger charge is 2.20. The number of urea groups is 1. The zero-order valence-corrected chi connectivity index (χ0v) is 19.3. The summed E-state index contributed by atoms with van der Waals surface area (Å²) in [5, 5.41) is 5.90. The molecule has 0 fully saturated rings.